The van der Waals surface area contributed by atoms with Crippen LogP contribution in [-0.2, 0) is 16.0 Å². The van der Waals surface area contributed by atoms with Crippen LogP contribution in [0.25, 0.3) is 0 Å². The SMILES string of the molecule is CCCC[C@H](NC(=O)C(O)C(N)Cc1ccccc1)C(=O)O. The Kier molecular flexibility index (Phi) is 7.56. The van der Waals surface area contributed by atoms with Crippen LogP contribution < -0.4 is 11.1 Å². The fourth-order valence-corrected chi connectivity index (χ4v) is 2.12. The Labute approximate surface area is 130 Å². The van der Waals surface area contributed by atoms with Gasteiger partial charge in [-0.1, -0.05) is 50.1 Å². The first-order valence-electron chi connectivity index (χ1n) is 7.46. The number of hydrogen-bond donors (Lipinski definition) is 4. The van der Waals surface area contributed by atoms with E-state index >= 15 is 0 Å². The molecule has 0 aromatic heterocycles. The number of aliphatic hydroxyl groups is 1. The second-order valence-corrected chi connectivity index (χ2v) is 5.34. The third kappa shape index (κ3) is 5.83. The highest BCUT2D eigenvalue weighted by Gasteiger charge is 2.27. The first-order valence-corrected chi connectivity index (χ1v) is 7.46. The number of carbonyl (C=O) groups excluding carboxylic acids is 1. The molecule has 2 unspecified atom stereocenters. The van der Waals surface area contributed by atoms with Crippen LogP contribution in [0.3, 0.4) is 0 Å². The summed E-state index contributed by atoms with van der Waals surface area (Å²) in [4.78, 5) is 23.0. The van der Waals surface area contributed by atoms with Crippen molar-refractivity contribution < 1.29 is 19.8 Å². The maximum atomic E-state index is 11.9. The van der Waals surface area contributed by atoms with Gasteiger partial charge in [0.15, 0.2) is 0 Å². The summed E-state index contributed by atoms with van der Waals surface area (Å²) in [5.41, 5.74) is 6.75. The van der Waals surface area contributed by atoms with E-state index in [1.807, 2.05) is 37.3 Å². The summed E-state index contributed by atoms with van der Waals surface area (Å²) < 4.78 is 0. The van der Waals surface area contributed by atoms with Crippen molar-refractivity contribution in [1.29, 1.82) is 0 Å². The van der Waals surface area contributed by atoms with Gasteiger partial charge in [-0.2, -0.15) is 0 Å². The summed E-state index contributed by atoms with van der Waals surface area (Å²) in [6, 6.07) is 7.48. The average molecular weight is 308 g/mol. The highest BCUT2D eigenvalue weighted by molar-refractivity contribution is 5.86. The van der Waals surface area contributed by atoms with Crippen molar-refractivity contribution in [3.63, 3.8) is 0 Å². The largest absolute Gasteiger partial charge is 0.480 e. The molecule has 0 aliphatic heterocycles. The van der Waals surface area contributed by atoms with Crippen molar-refractivity contribution in [3.8, 4) is 0 Å². The van der Waals surface area contributed by atoms with Gasteiger partial charge < -0.3 is 21.3 Å². The van der Waals surface area contributed by atoms with Gasteiger partial charge in [0.2, 0.25) is 0 Å². The van der Waals surface area contributed by atoms with Crippen LogP contribution in [0.5, 0.6) is 0 Å². The Morgan fingerprint density at radius 3 is 2.45 bits per heavy atom. The first kappa shape index (κ1) is 18.1. The van der Waals surface area contributed by atoms with E-state index in [2.05, 4.69) is 5.32 Å². The van der Waals surface area contributed by atoms with E-state index in [4.69, 9.17) is 10.8 Å². The number of carbonyl (C=O) groups is 2. The van der Waals surface area contributed by atoms with E-state index < -0.39 is 30.1 Å². The van der Waals surface area contributed by atoms with E-state index in [1.54, 1.807) is 0 Å². The van der Waals surface area contributed by atoms with E-state index in [9.17, 15) is 14.7 Å². The highest BCUT2D eigenvalue weighted by Crippen LogP contribution is 2.06. The molecular weight excluding hydrogens is 284 g/mol. The van der Waals surface area contributed by atoms with Crippen molar-refractivity contribution in [2.45, 2.75) is 50.8 Å². The van der Waals surface area contributed by atoms with Crippen LogP contribution >= 0.6 is 0 Å². The Bertz CT molecular complexity index is 478. The van der Waals surface area contributed by atoms with Gasteiger partial charge in [-0.3, -0.25) is 4.79 Å². The summed E-state index contributed by atoms with van der Waals surface area (Å²) in [5.74, 6) is -1.85. The molecule has 0 radical (unpaired) electrons. The molecule has 1 rings (SSSR count). The molecule has 0 aliphatic carbocycles. The van der Waals surface area contributed by atoms with E-state index in [-0.39, 0.29) is 0 Å². The van der Waals surface area contributed by atoms with Gasteiger partial charge in [0.25, 0.3) is 5.91 Å². The predicted molar refractivity (Wildman–Crippen MR) is 83.2 cm³/mol. The van der Waals surface area contributed by atoms with Crippen LogP contribution in [0.15, 0.2) is 30.3 Å². The van der Waals surface area contributed by atoms with Crippen LogP contribution in [0.2, 0.25) is 0 Å². The summed E-state index contributed by atoms with van der Waals surface area (Å²) in [5, 5.41) is 21.4. The zero-order valence-corrected chi connectivity index (χ0v) is 12.7. The summed E-state index contributed by atoms with van der Waals surface area (Å²) in [6.07, 6.45) is 0.739. The summed E-state index contributed by atoms with van der Waals surface area (Å²) in [7, 11) is 0. The molecular formula is C16H24N2O4. The van der Waals surface area contributed by atoms with Crippen LogP contribution in [0, 0.1) is 0 Å². The molecule has 0 fully saturated rings. The van der Waals surface area contributed by atoms with Crippen molar-refractivity contribution in [1.82, 2.24) is 5.32 Å². The topological polar surface area (TPSA) is 113 Å². The monoisotopic (exact) mass is 308 g/mol. The second-order valence-electron chi connectivity index (χ2n) is 5.34. The van der Waals surface area contributed by atoms with E-state index in [0.717, 1.165) is 12.0 Å². The quantitative estimate of drug-likeness (QED) is 0.536. The van der Waals surface area contributed by atoms with E-state index in [0.29, 0.717) is 19.3 Å². The second kappa shape index (κ2) is 9.17. The molecule has 0 heterocycles. The number of nitrogens with two attached hydrogens (primary N) is 1. The van der Waals surface area contributed by atoms with Crippen LogP contribution in [0.4, 0.5) is 0 Å². The summed E-state index contributed by atoms with van der Waals surface area (Å²) in [6.45, 7) is 1.94. The number of carboxylic acids is 1. The first-order chi connectivity index (χ1) is 10.5. The zero-order chi connectivity index (χ0) is 16.5. The maximum absolute atomic E-state index is 11.9. The van der Waals surface area contributed by atoms with Crippen molar-refractivity contribution in [3.05, 3.63) is 35.9 Å². The van der Waals surface area contributed by atoms with Gasteiger partial charge in [-0.25, -0.2) is 4.79 Å². The number of carboxylic acid groups (broad SMARTS) is 1. The molecule has 5 N–H and O–H groups in total. The molecule has 1 aromatic carbocycles. The number of aliphatic carboxylic acids is 1. The number of rotatable bonds is 9. The lowest BCUT2D eigenvalue weighted by atomic mass is 10.0. The molecule has 1 aromatic rings. The predicted octanol–water partition coefficient (Wildman–Crippen LogP) is 0.677. The standard InChI is InChI=1S/C16H24N2O4/c1-2-3-9-13(16(21)22)18-15(20)14(19)12(17)10-11-7-5-4-6-8-11/h4-8,12-14,19H,2-3,9-10,17H2,1H3,(H,18,20)(H,21,22)/t12?,13-,14?/m0/s1. The van der Waals surface area contributed by atoms with E-state index in [1.165, 1.54) is 0 Å². The van der Waals surface area contributed by atoms with Crippen LogP contribution in [0.1, 0.15) is 31.7 Å². The molecule has 22 heavy (non-hydrogen) atoms. The normalized spacial score (nSPS) is 14.9. The van der Waals surface area contributed by atoms with Crippen molar-refractivity contribution in [2.75, 3.05) is 0 Å². The third-order valence-corrected chi connectivity index (χ3v) is 3.45. The lowest BCUT2D eigenvalue weighted by Crippen LogP contribution is -2.51. The lowest BCUT2D eigenvalue weighted by molar-refractivity contribution is -0.143. The maximum Gasteiger partial charge on any atom is 0.326 e. The fourth-order valence-electron chi connectivity index (χ4n) is 2.12. The van der Waals surface area contributed by atoms with Gasteiger partial charge in [0.05, 0.1) is 0 Å². The number of amides is 1. The van der Waals surface area contributed by atoms with Crippen LogP contribution in [-0.4, -0.2) is 40.3 Å². The number of hydrogen-bond acceptors (Lipinski definition) is 4. The average Bonchev–Trinajstić information content (AvgIpc) is 2.51. The Balaban J connectivity index is 2.57. The smallest absolute Gasteiger partial charge is 0.326 e. The summed E-state index contributed by atoms with van der Waals surface area (Å²) >= 11 is 0. The van der Waals surface area contributed by atoms with Gasteiger partial charge in [0.1, 0.15) is 12.1 Å². The Morgan fingerprint density at radius 2 is 1.91 bits per heavy atom. The minimum Gasteiger partial charge on any atom is -0.480 e. The Morgan fingerprint density at radius 1 is 1.27 bits per heavy atom. The molecule has 0 saturated heterocycles. The molecule has 0 aliphatic rings. The molecule has 0 saturated carbocycles. The Hall–Kier alpha value is -1.92. The number of nitrogens with one attached hydrogen (secondary N) is 1. The van der Waals surface area contributed by atoms with Crippen molar-refractivity contribution >= 4 is 11.9 Å². The fraction of sp³-hybridized carbons (Fsp3) is 0.500. The van der Waals surface area contributed by atoms with Gasteiger partial charge in [-0.15, -0.1) is 0 Å². The molecule has 3 atom stereocenters. The molecule has 0 bridgehead atoms. The van der Waals surface area contributed by atoms with Crippen molar-refractivity contribution in [2.24, 2.45) is 5.73 Å². The highest BCUT2D eigenvalue weighted by atomic mass is 16.4. The molecule has 122 valence electrons. The minimum atomic E-state index is -1.44. The van der Waals surface area contributed by atoms with Gasteiger partial charge >= 0.3 is 5.97 Å². The van der Waals surface area contributed by atoms with Gasteiger partial charge in [0, 0.05) is 6.04 Å². The zero-order valence-electron chi connectivity index (χ0n) is 12.7. The molecule has 6 heteroatoms. The molecule has 6 nitrogen and oxygen atoms in total. The lowest BCUT2D eigenvalue weighted by Gasteiger charge is -2.21. The molecule has 1 amide bonds. The molecule has 0 spiro atoms. The minimum absolute atomic E-state index is 0.332. The van der Waals surface area contributed by atoms with Gasteiger partial charge in [-0.05, 0) is 18.4 Å². The number of benzene rings is 1. The number of aliphatic hydroxyl groups excluding tert-OH is 1. The third-order valence-electron chi connectivity index (χ3n) is 3.45. The number of unbranched alkanes of at least 4 members (excludes halogenated alkanes) is 1.